The van der Waals surface area contributed by atoms with Crippen LogP contribution in [0.25, 0.3) is 0 Å². The Morgan fingerprint density at radius 1 is 1.67 bits per heavy atom. The fraction of sp³-hybridized carbons (Fsp3) is 0.833. The maximum absolute atomic E-state index is 10.2. The summed E-state index contributed by atoms with van der Waals surface area (Å²) in [6, 6.07) is 0. The molecule has 9 heavy (non-hydrogen) atoms. The topological polar surface area (TPSA) is 63.3 Å². The van der Waals surface area contributed by atoms with E-state index >= 15 is 0 Å². The lowest BCUT2D eigenvalue weighted by molar-refractivity contribution is -0.120. The number of hydrogen-bond donors (Lipinski definition) is 2. The van der Waals surface area contributed by atoms with Crippen LogP contribution in [0, 0.1) is 5.92 Å². The van der Waals surface area contributed by atoms with E-state index in [9.17, 15) is 4.79 Å². The molecular weight excluding hydrogens is 118 g/mol. The van der Waals surface area contributed by atoms with Crippen LogP contribution in [0.3, 0.4) is 0 Å². The highest BCUT2D eigenvalue weighted by Gasteiger charge is 2.10. The van der Waals surface area contributed by atoms with Crippen LogP contribution >= 0.6 is 0 Å². The summed E-state index contributed by atoms with van der Waals surface area (Å²) in [4.78, 5) is 10.2. The average molecular weight is 131 g/mol. The van der Waals surface area contributed by atoms with E-state index in [2.05, 4.69) is 0 Å². The van der Waals surface area contributed by atoms with E-state index in [1.807, 2.05) is 13.8 Å². The molecule has 0 aliphatic heterocycles. The second-order valence-corrected chi connectivity index (χ2v) is 2.48. The van der Waals surface area contributed by atoms with E-state index in [1.54, 1.807) is 0 Å². The Bertz CT molecular complexity index is 101. The zero-order chi connectivity index (χ0) is 7.44. The Morgan fingerprint density at radius 2 is 2.11 bits per heavy atom. The molecule has 0 aromatic carbocycles. The van der Waals surface area contributed by atoms with Crippen LogP contribution < -0.4 is 5.73 Å². The van der Waals surface area contributed by atoms with Gasteiger partial charge in [-0.3, -0.25) is 4.79 Å². The summed E-state index contributed by atoms with van der Waals surface area (Å²) in [6.45, 7) is 3.68. The van der Waals surface area contributed by atoms with Gasteiger partial charge >= 0.3 is 0 Å². The molecule has 0 fully saturated rings. The molecule has 0 aromatic rings. The summed E-state index contributed by atoms with van der Waals surface area (Å²) in [5.74, 6) is -0.339. The first kappa shape index (κ1) is 8.43. The van der Waals surface area contributed by atoms with E-state index < -0.39 is 12.0 Å². The average Bonchev–Trinajstić information content (AvgIpc) is 1.63. The summed E-state index contributed by atoms with van der Waals surface area (Å²) in [5.41, 5.74) is 4.83. The molecule has 1 amide bonds. The lowest BCUT2D eigenvalue weighted by Crippen LogP contribution is -2.23. The van der Waals surface area contributed by atoms with Crippen LogP contribution in [-0.2, 0) is 4.79 Å². The second-order valence-electron chi connectivity index (χ2n) is 2.48. The first-order valence-corrected chi connectivity index (χ1v) is 3.00. The first-order valence-electron chi connectivity index (χ1n) is 3.00. The fourth-order valence-electron chi connectivity index (χ4n) is 0.442. The van der Waals surface area contributed by atoms with Gasteiger partial charge in [0.25, 0.3) is 0 Å². The van der Waals surface area contributed by atoms with Crippen LogP contribution in [-0.4, -0.2) is 17.1 Å². The molecule has 0 heterocycles. The number of nitrogens with two attached hydrogens (primary N) is 1. The lowest BCUT2D eigenvalue weighted by atomic mass is 10.0. The number of primary amides is 1. The third kappa shape index (κ3) is 3.97. The van der Waals surface area contributed by atoms with Gasteiger partial charge in [0, 0.05) is 0 Å². The highest BCUT2D eigenvalue weighted by Crippen LogP contribution is 2.03. The van der Waals surface area contributed by atoms with Gasteiger partial charge in [-0.1, -0.05) is 13.8 Å². The normalized spacial score (nSPS) is 13.8. The molecule has 54 valence electrons. The quantitative estimate of drug-likeness (QED) is 0.560. The first-order chi connectivity index (χ1) is 4.04. The zero-order valence-electron chi connectivity index (χ0n) is 5.79. The highest BCUT2D eigenvalue weighted by molar-refractivity contribution is 5.74. The van der Waals surface area contributed by atoms with Crippen LogP contribution in [0.15, 0.2) is 0 Å². The van der Waals surface area contributed by atoms with Crippen LogP contribution in [0.2, 0.25) is 0 Å². The Kier molecular flexibility index (Phi) is 3.24. The maximum atomic E-state index is 10.2. The summed E-state index contributed by atoms with van der Waals surface area (Å²) in [6.07, 6.45) is -0.514. The largest absolute Gasteiger partial charge is 0.392 e. The SMILES string of the molecule is CC(C)C(O)CC(N)=O. The van der Waals surface area contributed by atoms with Crippen molar-refractivity contribution in [3.8, 4) is 0 Å². The second kappa shape index (κ2) is 3.45. The molecule has 1 atom stereocenters. The number of aliphatic hydroxyl groups is 1. The van der Waals surface area contributed by atoms with Gasteiger partial charge in [-0.05, 0) is 5.92 Å². The van der Waals surface area contributed by atoms with Gasteiger partial charge in [-0.15, -0.1) is 0 Å². The Morgan fingerprint density at radius 3 is 2.22 bits per heavy atom. The molecule has 0 radical (unpaired) electrons. The van der Waals surface area contributed by atoms with Crippen molar-refractivity contribution in [3.63, 3.8) is 0 Å². The predicted molar refractivity (Wildman–Crippen MR) is 34.7 cm³/mol. The molecule has 0 aliphatic rings. The van der Waals surface area contributed by atoms with Crippen LogP contribution in [0.1, 0.15) is 20.3 Å². The van der Waals surface area contributed by atoms with E-state index in [1.165, 1.54) is 0 Å². The predicted octanol–water partition coefficient (Wildman–Crippen LogP) is -0.121. The number of hydrogen-bond acceptors (Lipinski definition) is 2. The Balaban J connectivity index is 3.50. The molecule has 0 saturated carbocycles. The van der Waals surface area contributed by atoms with E-state index in [0.29, 0.717) is 0 Å². The van der Waals surface area contributed by atoms with Gasteiger partial charge in [0.1, 0.15) is 0 Å². The molecule has 0 bridgehead atoms. The van der Waals surface area contributed by atoms with Crippen molar-refractivity contribution in [3.05, 3.63) is 0 Å². The smallest absolute Gasteiger partial charge is 0.220 e. The molecular formula is C6H13NO2. The summed E-state index contributed by atoms with van der Waals surface area (Å²) in [5, 5.41) is 9.00. The molecule has 1 unspecified atom stereocenters. The Labute approximate surface area is 54.9 Å². The van der Waals surface area contributed by atoms with Crippen molar-refractivity contribution < 1.29 is 9.90 Å². The van der Waals surface area contributed by atoms with Crippen molar-refractivity contribution in [1.29, 1.82) is 0 Å². The zero-order valence-corrected chi connectivity index (χ0v) is 5.79. The van der Waals surface area contributed by atoms with Gasteiger partial charge in [-0.25, -0.2) is 0 Å². The highest BCUT2D eigenvalue weighted by atomic mass is 16.3. The number of aliphatic hydroxyl groups excluding tert-OH is 1. The fourth-order valence-corrected chi connectivity index (χ4v) is 0.442. The van der Waals surface area contributed by atoms with E-state index in [0.717, 1.165) is 0 Å². The minimum Gasteiger partial charge on any atom is -0.392 e. The number of amides is 1. The third-order valence-corrected chi connectivity index (χ3v) is 1.18. The molecule has 3 heteroatoms. The maximum Gasteiger partial charge on any atom is 0.220 e. The standard InChI is InChI=1S/C6H13NO2/c1-4(2)5(8)3-6(7)9/h4-5,8H,3H2,1-2H3,(H2,7,9). The van der Waals surface area contributed by atoms with Gasteiger partial charge in [0.2, 0.25) is 5.91 Å². The van der Waals surface area contributed by atoms with E-state index in [-0.39, 0.29) is 12.3 Å². The van der Waals surface area contributed by atoms with Crippen molar-refractivity contribution >= 4 is 5.91 Å². The third-order valence-electron chi connectivity index (χ3n) is 1.18. The summed E-state index contributed by atoms with van der Waals surface area (Å²) in [7, 11) is 0. The van der Waals surface area contributed by atoms with Gasteiger partial charge < -0.3 is 10.8 Å². The number of carbonyl (C=O) groups excluding carboxylic acids is 1. The van der Waals surface area contributed by atoms with E-state index in [4.69, 9.17) is 10.8 Å². The van der Waals surface area contributed by atoms with Crippen LogP contribution in [0.5, 0.6) is 0 Å². The van der Waals surface area contributed by atoms with Crippen molar-refractivity contribution in [2.45, 2.75) is 26.4 Å². The van der Waals surface area contributed by atoms with Crippen molar-refractivity contribution in [2.75, 3.05) is 0 Å². The Hall–Kier alpha value is -0.570. The van der Waals surface area contributed by atoms with Crippen molar-refractivity contribution in [1.82, 2.24) is 0 Å². The van der Waals surface area contributed by atoms with Gasteiger partial charge in [-0.2, -0.15) is 0 Å². The molecule has 0 aliphatic carbocycles. The molecule has 0 spiro atoms. The molecule has 0 saturated heterocycles. The summed E-state index contributed by atoms with van der Waals surface area (Å²) >= 11 is 0. The van der Waals surface area contributed by atoms with Crippen LogP contribution in [0.4, 0.5) is 0 Å². The number of carbonyl (C=O) groups is 1. The summed E-state index contributed by atoms with van der Waals surface area (Å²) < 4.78 is 0. The molecule has 3 N–H and O–H groups in total. The van der Waals surface area contributed by atoms with Gasteiger partial charge in [0.05, 0.1) is 12.5 Å². The van der Waals surface area contributed by atoms with Crippen molar-refractivity contribution in [2.24, 2.45) is 11.7 Å². The number of rotatable bonds is 3. The molecule has 0 aromatic heterocycles. The molecule has 0 rings (SSSR count). The lowest BCUT2D eigenvalue weighted by Gasteiger charge is -2.10. The minimum atomic E-state index is -0.581. The van der Waals surface area contributed by atoms with Gasteiger partial charge in [0.15, 0.2) is 0 Å². The molecule has 3 nitrogen and oxygen atoms in total. The monoisotopic (exact) mass is 131 g/mol. The minimum absolute atomic E-state index is 0.0671.